The molecule has 2 heteroatoms. The van der Waals surface area contributed by atoms with Crippen LogP contribution in [0.1, 0.15) is 97.3 Å². The van der Waals surface area contributed by atoms with E-state index in [0.717, 1.165) is 18.9 Å². The van der Waals surface area contributed by atoms with Gasteiger partial charge in [-0.25, -0.2) is 0 Å². The van der Waals surface area contributed by atoms with Gasteiger partial charge in [0.1, 0.15) is 0 Å². The van der Waals surface area contributed by atoms with Gasteiger partial charge in [0.05, 0.1) is 6.10 Å². The minimum Gasteiger partial charge on any atom is -0.377 e. The Hall–Kier alpha value is -0.0800. The summed E-state index contributed by atoms with van der Waals surface area (Å²) in [7, 11) is 0. The van der Waals surface area contributed by atoms with E-state index in [4.69, 9.17) is 10.5 Å². The molecule has 21 heavy (non-hydrogen) atoms. The molecule has 2 unspecified atom stereocenters. The van der Waals surface area contributed by atoms with Crippen LogP contribution in [0.15, 0.2) is 0 Å². The molecule has 0 heterocycles. The van der Waals surface area contributed by atoms with Crippen LogP contribution in [0.4, 0.5) is 0 Å². The lowest BCUT2D eigenvalue weighted by Gasteiger charge is -2.23. The van der Waals surface area contributed by atoms with E-state index in [-0.39, 0.29) is 6.04 Å². The molecule has 0 spiro atoms. The maximum atomic E-state index is 6.33. The van der Waals surface area contributed by atoms with Gasteiger partial charge in [-0.15, -0.1) is 0 Å². The van der Waals surface area contributed by atoms with Crippen molar-refractivity contribution in [1.82, 2.24) is 0 Å². The third-order valence-corrected chi connectivity index (χ3v) is 4.76. The zero-order valence-corrected chi connectivity index (χ0v) is 14.6. The molecule has 2 atom stereocenters. The number of hydrogen-bond acceptors (Lipinski definition) is 2. The lowest BCUT2D eigenvalue weighted by molar-refractivity contribution is 0.0262. The van der Waals surface area contributed by atoms with Crippen LogP contribution in [0, 0.1) is 5.92 Å². The van der Waals surface area contributed by atoms with Crippen LogP contribution in [0.2, 0.25) is 0 Å². The average Bonchev–Trinajstić information content (AvgIpc) is 3.31. The molecule has 2 N–H and O–H groups in total. The molecule has 2 nitrogen and oxygen atoms in total. The fourth-order valence-corrected chi connectivity index (χ4v) is 3.26. The van der Waals surface area contributed by atoms with E-state index in [1.165, 1.54) is 77.0 Å². The largest absolute Gasteiger partial charge is 0.377 e. The number of rotatable bonds is 15. The van der Waals surface area contributed by atoms with Crippen molar-refractivity contribution in [2.45, 2.75) is 109 Å². The summed E-state index contributed by atoms with van der Waals surface area (Å²) < 4.78 is 5.85. The average molecular weight is 298 g/mol. The second kappa shape index (κ2) is 12.5. The van der Waals surface area contributed by atoms with Crippen LogP contribution < -0.4 is 5.73 Å². The minimum atomic E-state index is 0.270. The summed E-state index contributed by atoms with van der Waals surface area (Å²) in [6.07, 6.45) is 18.1. The van der Waals surface area contributed by atoms with E-state index in [1.807, 2.05) is 0 Å². The van der Waals surface area contributed by atoms with Crippen molar-refractivity contribution < 1.29 is 4.74 Å². The summed E-state index contributed by atoms with van der Waals surface area (Å²) in [4.78, 5) is 0. The third-order valence-electron chi connectivity index (χ3n) is 4.76. The Morgan fingerprint density at radius 2 is 1.38 bits per heavy atom. The van der Waals surface area contributed by atoms with Gasteiger partial charge in [-0.3, -0.25) is 0 Å². The molecule has 126 valence electrons. The highest BCUT2D eigenvalue weighted by Crippen LogP contribution is 2.36. The van der Waals surface area contributed by atoms with Crippen molar-refractivity contribution in [1.29, 1.82) is 0 Å². The first-order valence-corrected chi connectivity index (χ1v) is 9.66. The summed E-state index contributed by atoms with van der Waals surface area (Å²) in [5, 5.41) is 0. The molecule has 1 fully saturated rings. The zero-order chi connectivity index (χ0) is 15.3. The summed E-state index contributed by atoms with van der Waals surface area (Å²) in [6.45, 7) is 5.18. The Morgan fingerprint density at radius 3 is 1.86 bits per heavy atom. The van der Waals surface area contributed by atoms with E-state index in [2.05, 4.69) is 13.8 Å². The molecule has 1 rings (SSSR count). The normalized spacial score (nSPS) is 17.9. The van der Waals surface area contributed by atoms with Crippen LogP contribution in [-0.4, -0.2) is 18.8 Å². The summed E-state index contributed by atoms with van der Waals surface area (Å²) >= 11 is 0. The lowest BCUT2D eigenvalue weighted by Crippen LogP contribution is -2.38. The molecule has 0 bridgehead atoms. The first-order valence-electron chi connectivity index (χ1n) is 9.66. The standard InChI is InChI=1S/C19H39NO/c1-3-5-6-7-8-9-10-11-12-13-14-18(20)19(21-4-2)17-15-16-17/h17-19H,3-16,20H2,1-2H3. The van der Waals surface area contributed by atoms with E-state index in [0.29, 0.717) is 6.10 Å². The van der Waals surface area contributed by atoms with Gasteiger partial charge in [0.25, 0.3) is 0 Å². The monoisotopic (exact) mass is 297 g/mol. The van der Waals surface area contributed by atoms with Gasteiger partial charge < -0.3 is 10.5 Å². The van der Waals surface area contributed by atoms with Crippen LogP contribution in [0.5, 0.6) is 0 Å². The predicted molar refractivity (Wildman–Crippen MR) is 92.6 cm³/mol. The number of nitrogens with two attached hydrogens (primary N) is 1. The smallest absolute Gasteiger partial charge is 0.0753 e. The van der Waals surface area contributed by atoms with Crippen molar-refractivity contribution in [3.05, 3.63) is 0 Å². The Bertz CT molecular complexity index is 228. The molecule has 1 saturated carbocycles. The van der Waals surface area contributed by atoms with E-state index < -0.39 is 0 Å². The SMILES string of the molecule is CCCCCCCCCCCCC(N)C(OCC)C1CC1. The third kappa shape index (κ3) is 9.52. The van der Waals surface area contributed by atoms with Gasteiger partial charge in [0.15, 0.2) is 0 Å². The van der Waals surface area contributed by atoms with Gasteiger partial charge in [-0.05, 0) is 32.1 Å². The fourth-order valence-electron chi connectivity index (χ4n) is 3.26. The highest BCUT2D eigenvalue weighted by molar-refractivity contribution is 4.88. The van der Waals surface area contributed by atoms with Crippen molar-refractivity contribution in [2.24, 2.45) is 11.7 Å². The second-order valence-electron chi connectivity index (χ2n) is 6.89. The topological polar surface area (TPSA) is 35.2 Å². The molecule has 1 aliphatic rings. The molecular formula is C19H39NO. The van der Waals surface area contributed by atoms with Gasteiger partial charge in [-0.1, -0.05) is 71.1 Å². The summed E-state index contributed by atoms with van der Waals surface area (Å²) in [5.74, 6) is 0.767. The number of hydrogen-bond donors (Lipinski definition) is 1. The second-order valence-corrected chi connectivity index (χ2v) is 6.89. The fraction of sp³-hybridized carbons (Fsp3) is 1.00. The number of ether oxygens (including phenoxy) is 1. The van der Waals surface area contributed by atoms with E-state index in [1.54, 1.807) is 0 Å². The molecule has 0 amide bonds. The van der Waals surface area contributed by atoms with Gasteiger partial charge in [-0.2, -0.15) is 0 Å². The van der Waals surface area contributed by atoms with Gasteiger partial charge in [0.2, 0.25) is 0 Å². The molecule has 0 aliphatic heterocycles. The maximum absolute atomic E-state index is 6.33. The maximum Gasteiger partial charge on any atom is 0.0753 e. The Labute approximate surface area is 133 Å². The first kappa shape index (κ1) is 19.0. The molecular weight excluding hydrogens is 258 g/mol. The van der Waals surface area contributed by atoms with Gasteiger partial charge >= 0.3 is 0 Å². The molecule has 0 aromatic rings. The van der Waals surface area contributed by atoms with Crippen LogP contribution >= 0.6 is 0 Å². The first-order chi connectivity index (χ1) is 10.3. The quantitative estimate of drug-likeness (QED) is 0.408. The highest BCUT2D eigenvalue weighted by Gasteiger charge is 2.35. The van der Waals surface area contributed by atoms with E-state index >= 15 is 0 Å². The Balaban J connectivity index is 1.88. The Kier molecular flexibility index (Phi) is 11.3. The molecule has 0 radical (unpaired) electrons. The van der Waals surface area contributed by atoms with E-state index in [9.17, 15) is 0 Å². The number of unbranched alkanes of at least 4 members (excludes halogenated alkanes) is 9. The van der Waals surface area contributed by atoms with Crippen LogP contribution in [0.25, 0.3) is 0 Å². The summed E-state index contributed by atoms with van der Waals surface area (Å²) in [5.41, 5.74) is 6.33. The van der Waals surface area contributed by atoms with Crippen LogP contribution in [-0.2, 0) is 4.74 Å². The van der Waals surface area contributed by atoms with Crippen molar-refractivity contribution in [2.75, 3.05) is 6.61 Å². The van der Waals surface area contributed by atoms with Crippen molar-refractivity contribution in [3.63, 3.8) is 0 Å². The molecule has 1 aliphatic carbocycles. The highest BCUT2D eigenvalue weighted by atomic mass is 16.5. The van der Waals surface area contributed by atoms with Crippen molar-refractivity contribution in [3.8, 4) is 0 Å². The summed E-state index contributed by atoms with van der Waals surface area (Å²) in [6, 6.07) is 0.270. The Morgan fingerprint density at radius 1 is 0.857 bits per heavy atom. The molecule has 0 saturated heterocycles. The van der Waals surface area contributed by atoms with Crippen LogP contribution in [0.3, 0.4) is 0 Å². The van der Waals surface area contributed by atoms with Gasteiger partial charge in [0, 0.05) is 12.6 Å². The van der Waals surface area contributed by atoms with Crippen molar-refractivity contribution >= 4 is 0 Å². The lowest BCUT2D eigenvalue weighted by atomic mass is 9.99. The zero-order valence-electron chi connectivity index (χ0n) is 14.6. The molecule has 0 aromatic heterocycles. The molecule has 0 aromatic carbocycles. The minimum absolute atomic E-state index is 0.270. The predicted octanol–water partition coefficient (Wildman–Crippen LogP) is 5.44.